The fourth-order valence-corrected chi connectivity index (χ4v) is 13.8. The normalized spacial score (nSPS) is 54.6. The van der Waals surface area contributed by atoms with Crippen molar-refractivity contribution in [3.05, 3.63) is 11.6 Å². The molecule has 6 saturated carbocycles. The number of carbonyl (C=O) groups is 1. The van der Waals surface area contributed by atoms with Gasteiger partial charge in [-0.2, -0.15) is 0 Å². The lowest BCUT2D eigenvalue weighted by atomic mass is 9.42. The molecule has 7 aliphatic rings. The van der Waals surface area contributed by atoms with Gasteiger partial charge in [-0.05, 0) is 94.3 Å². The fraction of sp³-hybridized carbons (Fsp3) is 0.933. The lowest BCUT2D eigenvalue weighted by Gasteiger charge is -2.66. The average Bonchev–Trinajstić information content (AvgIpc) is 3.41. The van der Waals surface area contributed by atoms with Gasteiger partial charge in [0, 0.05) is 40.1 Å². The molecule has 0 amide bonds. The largest absolute Gasteiger partial charge is 0.392 e. The van der Waals surface area contributed by atoms with Gasteiger partial charge in [-0.1, -0.05) is 46.3 Å². The van der Waals surface area contributed by atoms with E-state index < -0.39 is 69.9 Å². The van der Waals surface area contributed by atoms with Gasteiger partial charge in [0.15, 0.2) is 5.78 Å². The van der Waals surface area contributed by atoms with Gasteiger partial charge in [-0.25, -0.2) is 0 Å². The van der Waals surface area contributed by atoms with Crippen molar-refractivity contribution >= 4 is 5.78 Å². The van der Waals surface area contributed by atoms with E-state index in [0.717, 1.165) is 19.3 Å². The number of carbonyl (C=O) groups excluding carboxylic acids is 1. The summed E-state index contributed by atoms with van der Waals surface area (Å²) < 4.78 is 38.0. The van der Waals surface area contributed by atoms with Crippen molar-refractivity contribution in [1.82, 2.24) is 0 Å². The van der Waals surface area contributed by atoms with Gasteiger partial charge in [-0.15, -0.1) is 0 Å². The first-order valence-corrected chi connectivity index (χ1v) is 22.2. The van der Waals surface area contributed by atoms with Crippen LogP contribution in [0.15, 0.2) is 11.6 Å². The number of rotatable bonds is 10. The Hall–Kier alpha value is -1.07. The average molecular weight is 823 g/mol. The van der Waals surface area contributed by atoms with Crippen molar-refractivity contribution < 1.29 is 63.9 Å². The van der Waals surface area contributed by atoms with Gasteiger partial charge < -0.3 is 59.1 Å². The van der Waals surface area contributed by atoms with Crippen LogP contribution in [-0.4, -0.2) is 148 Å². The molecule has 21 atom stereocenters. The predicted octanol–water partition coefficient (Wildman–Crippen LogP) is 3.40. The summed E-state index contributed by atoms with van der Waals surface area (Å²) in [5, 5.41) is 69.7. The molecule has 6 fully saturated rings. The zero-order valence-corrected chi connectivity index (χ0v) is 36.3. The summed E-state index contributed by atoms with van der Waals surface area (Å²) in [6, 6.07) is 0. The molecule has 0 saturated heterocycles. The highest BCUT2D eigenvalue weighted by atomic mass is 16.6. The molecule has 332 valence electrons. The number of ketones is 1. The Bertz CT molecular complexity index is 1530. The summed E-state index contributed by atoms with van der Waals surface area (Å²) in [6.45, 7) is 11.3. The quantitative estimate of drug-likeness (QED) is 0.176. The van der Waals surface area contributed by atoms with E-state index in [9.17, 15) is 35.4 Å². The van der Waals surface area contributed by atoms with Crippen LogP contribution in [0.3, 0.4) is 0 Å². The molecule has 0 aliphatic heterocycles. The Morgan fingerprint density at radius 2 is 1.28 bits per heavy atom. The van der Waals surface area contributed by atoms with Crippen LogP contribution in [-0.2, 0) is 33.2 Å². The van der Waals surface area contributed by atoms with Crippen LogP contribution in [0.2, 0.25) is 0 Å². The van der Waals surface area contributed by atoms with E-state index >= 15 is 0 Å². The van der Waals surface area contributed by atoms with E-state index in [1.165, 1.54) is 19.6 Å². The van der Waals surface area contributed by atoms with E-state index in [1.807, 2.05) is 6.92 Å². The molecule has 0 aromatic heterocycles. The van der Waals surface area contributed by atoms with Crippen molar-refractivity contribution in [1.29, 1.82) is 0 Å². The van der Waals surface area contributed by atoms with E-state index in [0.29, 0.717) is 32.1 Å². The molecule has 0 aromatic rings. The maximum atomic E-state index is 12.8. The zero-order valence-electron chi connectivity index (χ0n) is 36.3. The summed E-state index contributed by atoms with van der Waals surface area (Å²) in [7, 11) is 4.94. The third kappa shape index (κ3) is 6.83. The first kappa shape index (κ1) is 45.0. The Balaban J connectivity index is 0.970. The van der Waals surface area contributed by atoms with Crippen LogP contribution in [0.4, 0.5) is 0 Å². The molecule has 7 rings (SSSR count). The molecule has 7 aliphatic carbocycles. The molecular weight excluding hydrogens is 748 g/mol. The fourth-order valence-electron chi connectivity index (χ4n) is 13.8. The lowest BCUT2D eigenvalue weighted by molar-refractivity contribution is -0.313. The standard InChI is InChI=1S/C45H74O13/c1-23-18-31(37(49)40(55-9)36(23)48)58-39-25(3)17-30(21-33(39)54-8)57-38-24(2)16-29(20-32(38)53-7)56-28-11-12-41(5)27(19-28)10-13-44(51)34(41)22-35(47)42(6)43(50,26(4)46)14-15-45(42,44)52/h10,23-25,28-40,47-52H,11-22H2,1-9H3/t23-,24-,25-,28-,29+,30+,31+,32-,33-,34+,35+,36+,37-,38+,39+,40-,41-,42+,43+,44-,45-/m0/s1. The number of hydrogen-bond acceptors (Lipinski definition) is 13. The second-order valence-corrected chi connectivity index (χ2v) is 20.4. The second kappa shape index (κ2) is 16.2. The molecule has 13 nitrogen and oxygen atoms in total. The minimum atomic E-state index is -1.92. The number of methoxy groups -OCH3 is 3. The van der Waals surface area contributed by atoms with Crippen LogP contribution in [0.5, 0.6) is 0 Å². The number of ether oxygens (including phenoxy) is 6. The molecule has 6 N–H and O–H groups in total. The molecule has 0 aromatic carbocycles. The number of hydrogen-bond donors (Lipinski definition) is 6. The van der Waals surface area contributed by atoms with Gasteiger partial charge in [0.25, 0.3) is 0 Å². The Labute approximate surface area is 345 Å². The molecule has 0 spiro atoms. The SMILES string of the molecule is CO[C@@H]1[C@@H](O)[C@H](O[C@H]2[C@@H](OC)C[C@H](O[C@H]3[C@@H](OC)C[C@H](O[C@H]4CC[C@@]5(C)C(=CC[C@]6(O)[C@@H]5C[C@@H](O)[C@@]5(C)[C@@]6(O)CC[C@@]5(O)C(C)=O)C4)C[C@@H]3C)C[C@@H]2C)C[C@H](C)[C@H]1O. The smallest absolute Gasteiger partial charge is 0.162 e. The maximum absolute atomic E-state index is 12.8. The molecular formula is C45H74O13. The van der Waals surface area contributed by atoms with Crippen molar-refractivity contribution in [3.8, 4) is 0 Å². The number of Topliss-reactive ketones (excluding diaryl/α,β-unsaturated/α-hetero) is 1. The highest BCUT2D eigenvalue weighted by Crippen LogP contribution is 2.70. The van der Waals surface area contributed by atoms with Crippen LogP contribution < -0.4 is 0 Å². The number of fused-ring (bicyclic) bond motifs is 5. The second-order valence-electron chi connectivity index (χ2n) is 20.4. The molecule has 13 heteroatoms. The first-order valence-electron chi connectivity index (χ1n) is 22.2. The maximum Gasteiger partial charge on any atom is 0.162 e. The van der Waals surface area contributed by atoms with Gasteiger partial charge in [0.2, 0.25) is 0 Å². The molecule has 0 bridgehead atoms. The van der Waals surface area contributed by atoms with Crippen LogP contribution in [0.1, 0.15) is 119 Å². The van der Waals surface area contributed by atoms with Gasteiger partial charge >= 0.3 is 0 Å². The summed E-state index contributed by atoms with van der Waals surface area (Å²) in [6.07, 6.45) is 3.22. The topological polar surface area (TPSA) is 194 Å². The zero-order chi connectivity index (χ0) is 42.3. The monoisotopic (exact) mass is 823 g/mol. The minimum Gasteiger partial charge on any atom is -0.392 e. The summed E-state index contributed by atoms with van der Waals surface area (Å²) in [5.74, 6) is -0.747. The third-order valence-electron chi connectivity index (χ3n) is 17.5. The van der Waals surface area contributed by atoms with Gasteiger partial charge in [0.05, 0.1) is 66.5 Å². The molecule has 0 radical (unpaired) electrons. The van der Waals surface area contributed by atoms with Gasteiger partial charge in [-0.3, -0.25) is 4.79 Å². The number of aliphatic hydroxyl groups excluding tert-OH is 3. The van der Waals surface area contributed by atoms with Crippen LogP contribution in [0.25, 0.3) is 0 Å². The van der Waals surface area contributed by atoms with Crippen LogP contribution >= 0.6 is 0 Å². The summed E-state index contributed by atoms with van der Waals surface area (Å²) >= 11 is 0. The van der Waals surface area contributed by atoms with Gasteiger partial charge in [0.1, 0.15) is 29.0 Å². The highest BCUT2D eigenvalue weighted by molar-refractivity contribution is 5.87. The van der Waals surface area contributed by atoms with E-state index in [2.05, 4.69) is 26.8 Å². The Kier molecular flexibility index (Phi) is 12.6. The van der Waals surface area contributed by atoms with Crippen molar-refractivity contribution in [3.63, 3.8) is 0 Å². The Morgan fingerprint density at radius 1 is 0.672 bits per heavy atom. The number of aliphatic hydroxyl groups is 6. The third-order valence-corrected chi connectivity index (χ3v) is 17.5. The molecule has 58 heavy (non-hydrogen) atoms. The van der Waals surface area contributed by atoms with E-state index in [-0.39, 0.29) is 86.2 Å². The van der Waals surface area contributed by atoms with E-state index in [4.69, 9.17) is 28.4 Å². The molecule has 0 heterocycles. The minimum absolute atomic E-state index is 0.00365. The van der Waals surface area contributed by atoms with Crippen LogP contribution in [0, 0.1) is 34.5 Å². The Morgan fingerprint density at radius 3 is 1.86 bits per heavy atom. The van der Waals surface area contributed by atoms with E-state index in [1.54, 1.807) is 21.1 Å². The summed E-state index contributed by atoms with van der Waals surface area (Å²) in [5.41, 5.74) is -6.25. The predicted molar refractivity (Wildman–Crippen MR) is 213 cm³/mol. The van der Waals surface area contributed by atoms with Crippen molar-refractivity contribution in [2.24, 2.45) is 34.5 Å². The lowest BCUT2D eigenvalue weighted by Crippen LogP contribution is -2.78. The first-order chi connectivity index (χ1) is 27.2. The summed E-state index contributed by atoms with van der Waals surface area (Å²) in [4.78, 5) is 12.8. The molecule has 0 unspecified atom stereocenters. The van der Waals surface area contributed by atoms with Crippen molar-refractivity contribution in [2.75, 3.05) is 21.3 Å². The highest BCUT2D eigenvalue weighted by Gasteiger charge is 2.80. The van der Waals surface area contributed by atoms with Crippen molar-refractivity contribution in [2.45, 2.75) is 209 Å².